The zero-order chi connectivity index (χ0) is 22.4. The Kier molecular flexibility index (Phi) is 7.10. The average Bonchev–Trinajstić information content (AvgIpc) is 3.42. The number of amides is 1. The molecule has 2 heterocycles. The van der Waals surface area contributed by atoms with Crippen molar-refractivity contribution >= 4 is 52.9 Å². The maximum Gasteiger partial charge on any atom is 0.282 e. The molecule has 2 aliphatic heterocycles. The first-order valence-electron chi connectivity index (χ1n) is 11.1. The topological polar surface area (TPSA) is 68.2 Å². The molecule has 2 aromatic rings. The predicted molar refractivity (Wildman–Crippen MR) is 134 cm³/mol. The zero-order valence-electron chi connectivity index (χ0n) is 18.2. The van der Waals surface area contributed by atoms with E-state index in [1.54, 1.807) is 29.3 Å². The fraction of sp³-hybridized carbons (Fsp3) is 0.417. The Morgan fingerprint density at radius 2 is 1.76 bits per heavy atom. The Morgan fingerprint density at radius 3 is 2.39 bits per heavy atom. The Hall–Kier alpha value is -1.99. The van der Waals surface area contributed by atoms with Crippen LogP contribution in [0.5, 0.6) is 5.75 Å². The quantitative estimate of drug-likeness (QED) is 0.576. The van der Waals surface area contributed by atoms with E-state index in [1.165, 1.54) is 19.3 Å². The molecule has 1 saturated carbocycles. The Labute approximate surface area is 209 Å². The number of anilines is 1. The summed E-state index contributed by atoms with van der Waals surface area (Å²) in [5.74, 6) is 1.20. The van der Waals surface area contributed by atoms with E-state index in [2.05, 4.69) is 10.4 Å². The number of halogens is 3. The minimum Gasteiger partial charge on any atom is -0.508 e. The molecule has 2 aromatic carbocycles. The summed E-state index contributed by atoms with van der Waals surface area (Å²) in [5.41, 5.74) is 5.18. The van der Waals surface area contributed by atoms with Gasteiger partial charge in [0.05, 0.1) is 16.8 Å². The van der Waals surface area contributed by atoms with Crippen LogP contribution >= 0.6 is 35.6 Å². The van der Waals surface area contributed by atoms with E-state index in [4.69, 9.17) is 28.3 Å². The van der Waals surface area contributed by atoms with E-state index in [-0.39, 0.29) is 36.0 Å². The van der Waals surface area contributed by atoms with Gasteiger partial charge in [-0.05, 0) is 60.6 Å². The van der Waals surface area contributed by atoms with Crippen molar-refractivity contribution < 1.29 is 9.90 Å². The van der Waals surface area contributed by atoms with Crippen LogP contribution in [0.4, 0.5) is 5.69 Å². The van der Waals surface area contributed by atoms with E-state index in [0.717, 1.165) is 18.7 Å². The van der Waals surface area contributed by atoms with Crippen LogP contribution < -0.4 is 10.4 Å². The molecule has 176 valence electrons. The van der Waals surface area contributed by atoms with Crippen molar-refractivity contribution in [3.05, 3.63) is 58.1 Å². The highest BCUT2D eigenvalue weighted by molar-refractivity contribution is 6.41. The molecular formula is C24H27Cl3N4O2. The van der Waals surface area contributed by atoms with Crippen LogP contribution in [0, 0.1) is 17.8 Å². The molecule has 5 rings (SSSR count). The lowest BCUT2D eigenvalue weighted by atomic mass is 9.91. The standard InChI is InChI=1S/C24H26Cl2N4O2.ClH/c1-14-22(24(32)28-29-12-16-3-2-4-17(16)13-29)27-30(21-10-7-18(25)11-20(21)26)23(14)15-5-8-19(31)9-6-15;/h5-11,14,16-17,23,31H,2-4,12-13H2,1H3,(H,28,32);1H/t14-,16?,17?,23-;/m0./s1. The van der Waals surface area contributed by atoms with Crippen LogP contribution in [0.15, 0.2) is 47.6 Å². The van der Waals surface area contributed by atoms with Gasteiger partial charge >= 0.3 is 0 Å². The molecule has 6 nitrogen and oxygen atoms in total. The van der Waals surface area contributed by atoms with E-state index < -0.39 is 0 Å². The van der Waals surface area contributed by atoms with Gasteiger partial charge in [-0.25, -0.2) is 5.01 Å². The van der Waals surface area contributed by atoms with Crippen molar-refractivity contribution in [2.45, 2.75) is 32.2 Å². The lowest BCUT2D eigenvalue weighted by molar-refractivity contribution is -0.119. The molecule has 4 atom stereocenters. The highest BCUT2D eigenvalue weighted by atomic mass is 35.5. The number of rotatable bonds is 4. The smallest absolute Gasteiger partial charge is 0.282 e. The SMILES string of the molecule is C[C@H]1C(C(=O)NN2CC3CCCC3C2)=NN(c2ccc(Cl)cc2Cl)[C@@H]1c1ccc(O)cc1.Cl. The molecule has 0 spiro atoms. The zero-order valence-corrected chi connectivity index (χ0v) is 20.6. The van der Waals surface area contributed by atoms with Crippen molar-refractivity contribution in [2.24, 2.45) is 22.9 Å². The number of nitrogens with one attached hydrogen (secondary N) is 1. The molecule has 2 fully saturated rings. The number of hydrazone groups is 1. The first-order chi connectivity index (χ1) is 15.4. The molecule has 1 saturated heterocycles. The molecule has 3 aliphatic rings. The van der Waals surface area contributed by atoms with Gasteiger partial charge in [0.15, 0.2) is 0 Å². The second-order valence-corrected chi connectivity index (χ2v) is 9.89. The summed E-state index contributed by atoms with van der Waals surface area (Å²) in [5, 5.41) is 19.3. The fourth-order valence-corrected chi connectivity index (χ4v) is 5.88. The summed E-state index contributed by atoms with van der Waals surface area (Å²) in [4.78, 5) is 13.3. The van der Waals surface area contributed by atoms with Crippen molar-refractivity contribution in [2.75, 3.05) is 18.1 Å². The molecule has 1 aliphatic carbocycles. The number of carbonyl (C=O) groups excluding carboxylic acids is 1. The highest BCUT2D eigenvalue weighted by Crippen LogP contribution is 2.43. The van der Waals surface area contributed by atoms with Gasteiger partial charge in [0.2, 0.25) is 0 Å². The number of nitrogens with zero attached hydrogens (tertiary/aromatic N) is 3. The van der Waals surface area contributed by atoms with Crippen LogP contribution in [0.3, 0.4) is 0 Å². The van der Waals surface area contributed by atoms with Gasteiger partial charge in [0.25, 0.3) is 5.91 Å². The molecule has 2 unspecified atom stereocenters. The van der Waals surface area contributed by atoms with E-state index in [1.807, 2.05) is 25.1 Å². The number of phenols is 1. The maximum absolute atomic E-state index is 13.3. The van der Waals surface area contributed by atoms with Gasteiger partial charge in [-0.15, -0.1) is 12.4 Å². The molecule has 33 heavy (non-hydrogen) atoms. The van der Waals surface area contributed by atoms with Crippen molar-refractivity contribution in [3.8, 4) is 5.75 Å². The number of hydrogen-bond acceptors (Lipinski definition) is 5. The number of benzene rings is 2. The number of hydrogen-bond donors (Lipinski definition) is 2. The van der Waals surface area contributed by atoms with Crippen molar-refractivity contribution in [1.82, 2.24) is 10.4 Å². The summed E-state index contributed by atoms with van der Waals surface area (Å²) in [6.45, 7) is 3.82. The normalized spacial score (nSPS) is 26.6. The second kappa shape index (κ2) is 9.71. The van der Waals surface area contributed by atoms with Crippen LogP contribution in [0.2, 0.25) is 10.0 Å². The lowest BCUT2D eigenvalue weighted by Gasteiger charge is -2.27. The first-order valence-corrected chi connectivity index (χ1v) is 11.8. The molecular weight excluding hydrogens is 483 g/mol. The largest absolute Gasteiger partial charge is 0.508 e. The van der Waals surface area contributed by atoms with Gasteiger partial charge in [-0.1, -0.05) is 48.7 Å². The first kappa shape index (κ1) is 24.1. The Balaban J connectivity index is 0.00000259. The highest BCUT2D eigenvalue weighted by Gasteiger charge is 2.42. The maximum atomic E-state index is 13.3. The summed E-state index contributed by atoms with van der Waals surface area (Å²) in [6, 6.07) is 12.0. The van der Waals surface area contributed by atoms with Crippen LogP contribution in [0.25, 0.3) is 0 Å². The molecule has 2 N–H and O–H groups in total. The Bertz CT molecular complexity index is 1050. The third kappa shape index (κ3) is 4.67. The second-order valence-electron chi connectivity index (χ2n) is 9.05. The van der Waals surface area contributed by atoms with Crippen molar-refractivity contribution in [3.63, 3.8) is 0 Å². The lowest BCUT2D eigenvalue weighted by Crippen LogP contribution is -2.45. The van der Waals surface area contributed by atoms with E-state index >= 15 is 0 Å². The number of fused-ring (bicyclic) bond motifs is 1. The van der Waals surface area contributed by atoms with Gasteiger partial charge in [0.1, 0.15) is 11.5 Å². The van der Waals surface area contributed by atoms with Crippen LogP contribution in [-0.2, 0) is 4.79 Å². The predicted octanol–water partition coefficient (Wildman–Crippen LogP) is 5.44. The summed E-state index contributed by atoms with van der Waals surface area (Å²) >= 11 is 12.6. The summed E-state index contributed by atoms with van der Waals surface area (Å²) in [6.07, 6.45) is 3.80. The van der Waals surface area contributed by atoms with E-state index in [9.17, 15) is 9.90 Å². The summed E-state index contributed by atoms with van der Waals surface area (Å²) < 4.78 is 0. The summed E-state index contributed by atoms with van der Waals surface area (Å²) in [7, 11) is 0. The molecule has 0 radical (unpaired) electrons. The third-order valence-electron chi connectivity index (χ3n) is 6.99. The van der Waals surface area contributed by atoms with Gasteiger partial charge in [-0.3, -0.25) is 15.2 Å². The van der Waals surface area contributed by atoms with Crippen LogP contribution in [0.1, 0.15) is 37.8 Å². The minimum absolute atomic E-state index is 0. The molecule has 0 aromatic heterocycles. The van der Waals surface area contributed by atoms with Crippen LogP contribution in [-0.4, -0.2) is 34.8 Å². The van der Waals surface area contributed by atoms with Gasteiger partial charge in [-0.2, -0.15) is 5.10 Å². The van der Waals surface area contributed by atoms with Gasteiger partial charge < -0.3 is 5.11 Å². The Morgan fingerprint density at radius 1 is 1.09 bits per heavy atom. The number of aromatic hydroxyl groups is 1. The fourth-order valence-electron chi connectivity index (χ4n) is 5.38. The average molecular weight is 510 g/mol. The number of phenolic OH excluding ortho intramolecular Hbond substituents is 1. The number of hydrazine groups is 1. The minimum atomic E-state index is -0.243. The van der Waals surface area contributed by atoms with Crippen molar-refractivity contribution in [1.29, 1.82) is 0 Å². The molecule has 1 amide bonds. The van der Waals surface area contributed by atoms with Gasteiger partial charge in [0, 0.05) is 24.0 Å². The molecule has 9 heteroatoms. The van der Waals surface area contributed by atoms with E-state index in [0.29, 0.717) is 33.3 Å². The monoisotopic (exact) mass is 508 g/mol. The molecule has 0 bridgehead atoms. The number of carbonyl (C=O) groups is 1. The third-order valence-corrected chi connectivity index (χ3v) is 7.53.